The predicted molar refractivity (Wildman–Crippen MR) is 211 cm³/mol. The van der Waals surface area contributed by atoms with E-state index >= 15 is 0 Å². The maximum absolute atomic E-state index is 2.50. The normalized spacial score (nSPS) is 12.1. The van der Waals surface area contributed by atoms with Gasteiger partial charge in [0.25, 0.3) is 0 Å². The van der Waals surface area contributed by atoms with E-state index in [1.54, 1.807) is 0 Å². The van der Waals surface area contributed by atoms with Gasteiger partial charge in [-0.1, -0.05) is 103 Å². The minimum absolute atomic E-state index is 1.18. The van der Waals surface area contributed by atoms with Gasteiger partial charge in [-0.2, -0.15) is 0 Å². The summed E-state index contributed by atoms with van der Waals surface area (Å²) in [5.74, 6) is 0. The van der Waals surface area contributed by atoms with Crippen LogP contribution in [0, 0.1) is 0 Å². The Balaban J connectivity index is 1.18. The lowest BCUT2D eigenvalue weighted by molar-refractivity contribution is 1.18. The molecule has 0 amide bonds. The molecule has 0 saturated carbocycles. The zero-order valence-electron chi connectivity index (χ0n) is 26.5. The Morgan fingerprint density at radius 1 is 0.347 bits per heavy atom. The highest BCUT2D eigenvalue weighted by Gasteiger charge is 2.19. The highest BCUT2D eigenvalue weighted by Crippen LogP contribution is 2.43. The molecule has 3 heteroatoms. The first-order chi connectivity index (χ1) is 24.3. The molecule has 0 saturated heterocycles. The second-order valence-electron chi connectivity index (χ2n) is 13.0. The van der Waals surface area contributed by atoms with E-state index in [0.29, 0.717) is 0 Å². The Labute approximate surface area is 286 Å². The van der Waals surface area contributed by atoms with Gasteiger partial charge < -0.3 is 9.13 Å². The molecular weight excluding hydrogens is 613 g/mol. The van der Waals surface area contributed by atoms with Crippen molar-refractivity contribution in [1.82, 2.24) is 9.13 Å². The first kappa shape index (κ1) is 26.9. The molecule has 3 heterocycles. The van der Waals surface area contributed by atoms with Crippen molar-refractivity contribution in [1.29, 1.82) is 0 Å². The first-order valence-corrected chi connectivity index (χ1v) is 17.6. The second-order valence-corrected chi connectivity index (χ2v) is 14.0. The molecule has 3 aromatic heterocycles. The number of hydrogen-bond donors (Lipinski definition) is 0. The van der Waals surface area contributed by atoms with E-state index in [1.165, 1.54) is 97.1 Å². The summed E-state index contributed by atoms with van der Waals surface area (Å²) in [7, 11) is 0. The number of thiophene rings is 1. The molecule has 0 aliphatic rings. The zero-order chi connectivity index (χ0) is 32.1. The number of aromatic nitrogens is 2. The lowest BCUT2D eigenvalue weighted by Crippen LogP contribution is -1.94. The summed E-state index contributed by atoms with van der Waals surface area (Å²) in [5.41, 5.74) is 9.75. The molecule has 0 fully saturated rings. The average molecular weight is 641 g/mol. The van der Waals surface area contributed by atoms with Crippen LogP contribution in [0.3, 0.4) is 0 Å². The third kappa shape index (κ3) is 3.88. The Bertz CT molecular complexity index is 3100. The van der Waals surface area contributed by atoms with Gasteiger partial charge in [0.15, 0.2) is 0 Å². The molecule has 0 atom stereocenters. The summed E-state index contributed by atoms with van der Waals surface area (Å²) in [6, 6.07) is 62.5. The molecule has 228 valence electrons. The fourth-order valence-electron chi connectivity index (χ4n) is 8.06. The van der Waals surface area contributed by atoms with Gasteiger partial charge in [-0.15, -0.1) is 11.3 Å². The average Bonchev–Trinajstić information content (AvgIpc) is 3.81. The van der Waals surface area contributed by atoms with Crippen LogP contribution in [0.1, 0.15) is 0 Å². The van der Waals surface area contributed by atoms with E-state index < -0.39 is 0 Å². The zero-order valence-corrected chi connectivity index (χ0v) is 27.3. The molecule has 11 aromatic rings. The van der Waals surface area contributed by atoms with E-state index in [-0.39, 0.29) is 0 Å². The molecule has 2 nitrogen and oxygen atoms in total. The van der Waals surface area contributed by atoms with Crippen molar-refractivity contribution in [3.63, 3.8) is 0 Å². The fraction of sp³-hybridized carbons (Fsp3) is 0. The van der Waals surface area contributed by atoms with Gasteiger partial charge in [-0.25, -0.2) is 0 Å². The Kier molecular flexibility index (Phi) is 5.57. The third-order valence-corrected chi connectivity index (χ3v) is 11.5. The van der Waals surface area contributed by atoms with Gasteiger partial charge in [-0.3, -0.25) is 0 Å². The van der Waals surface area contributed by atoms with Crippen molar-refractivity contribution in [2.24, 2.45) is 0 Å². The van der Waals surface area contributed by atoms with Gasteiger partial charge in [-0.05, 0) is 88.6 Å². The summed E-state index contributed by atoms with van der Waals surface area (Å²) in [4.78, 5) is 0. The van der Waals surface area contributed by atoms with Crippen molar-refractivity contribution >= 4 is 85.9 Å². The Morgan fingerprint density at radius 2 is 0.939 bits per heavy atom. The summed E-state index contributed by atoms with van der Waals surface area (Å²) < 4.78 is 7.52. The van der Waals surface area contributed by atoms with Crippen LogP contribution in [0.25, 0.3) is 97.1 Å². The fourth-order valence-corrected chi connectivity index (χ4v) is 9.27. The van der Waals surface area contributed by atoms with Crippen LogP contribution in [-0.2, 0) is 0 Å². The van der Waals surface area contributed by atoms with E-state index in [0.717, 1.165) is 0 Å². The molecule has 11 rings (SSSR count). The van der Waals surface area contributed by atoms with Crippen LogP contribution in [0.15, 0.2) is 170 Å². The lowest BCUT2D eigenvalue weighted by atomic mass is 10.00. The van der Waals surface area contributed by atoms with Crippen LogP contribution >= 0.6 is 11.3 Å². The number of hydrogen-bond acceptors (Lipinski definition) is 1. The van der Waals surface area contributed by atoms with E-state index in [9.17, 15) is 0 Å². The van der Waals surface area contributed by atoms with Gasteiger partial charge in [0.05, 0.1) is 32.5 Å². The SMILES string of the molecule is c1ccc(-n2c3ccccc3c3cc(-c4ccc5c(c4)c4cc6ccccc6cc4n5-c4cccc5c4sc4ccccc45)ccc32)cc1. The summed E-state index contributed by atoms with van der Waals surface area (Å²) in [6.07, 6.45) is 0. The van der Waals surface area contributed by atoms with Crippen LogP contribution in [-0.4, -0.2) is 9.13 Å². The molecule has 49 heavy (non-hydrogen) atoms. The number of nitrogens with zero attached hydrogens (tertiary/aromatic N) is 2. The smallest absolute Gasteiger partial charge is 0.0640 e. The summed E-state index contributed by atoms with van der Waals surface area (Å²) in [5, 5.41) is 10.2. The number of rotatable bonds is 3. The van der Waals surface area contributed by atoms with Crippen molar-refractivity contribution in [3.8, 4) is 22.5 Å². The van der Waals surface area contributed by atoms with Crippen LogP contribution in [0.5, 0.6) is 0 Å². The summed E-state index contributed by atoms with van der Waals surface area (Å²) >= 11 is 1.89. The monoisotopic (exact) mass is 640 g/mol. The second kappa shape index (κ2) is 10.2. The molecular formula is C46H28N2S. The Hall–Kier alpha value is -6.16. The molecule has 0 unspecified atom stereocenters. The highest BCUT2D eigenvalue weighted by atomic mass is 32.1. The topological polar surface area (TPSA) is 9.86 Å². The third-order valence-electron chi connectivity index (χ3n) is 10.3. The van der Waals surface area contributed by atoms with Crippen molar-refractivity contribution < 1.29 is 0 Å². The standard InChI is InChI=1S/C46H28N2S/c1-2-13-33(14-3-1)47-40-18-8-6-15-34(40)37-26-31(21-23-41(37)47)32-22-24-42-38(27-32)39-25-29-11-4-5-12-30(29)28-44(39)48(42)43-19-10-17-36-35-16-7-9-20-45(35)49-46(36)43/h1-28H. The van der Waals surface area contributed by atoms with E-state index in [1.807, 2.05) is 11.3 Å². The van der Waals surface area contributed by atoms with Crippen molar-refractivity contribution in [2.45, 2.75) is 0 Å². The minimum Gasteiger partial charge on any atom is -0.309 e. The van der Waals surface area contributed by atoms with Crippen molar-refractivity contribution in [2.75, 3.05) is 0 Å². The Morgan fingerprint density at radius 3 is 1.76 bits per heavy atom. The van der Waals surface area contributed by atoms with E-state index in [4.69, 9.17) is 0 Å². The van der Waals surface area contributed by atoms with Gasteiger partial charge in [0.2, 0.25) is 0 Å². The predicted octanol–water partition coefficient (Wildman–Crippen LogP) is 13.1. The molecule has 8 aromatic carbocycles. The molecule has 0 aliphatic heterocycles. The van der Waals surface area contributed by atoms with Crippen LogP contribution in [0.2, 0.25) is 0 Å². The first-order valence-electron chi connectivity index (χ1n) is 16.8. The minimum atomic E-state index is 1.18. The highest BCUT2D eigenvalue weighted by molar-refractivity contribution is 7.26. The van der Waals surface area contributed by atoms with Gasteiger partial charge in [0.1, 0.15) is 0 Å². The van der Waals surface area contributed by atoms with Crippen molar-refractivity contribution in [3.05, 3.63) is 170 Å². The lowest BCUT2D eigenvalue weighted by Gasteiger charge is -2.10. The molecule has 0 N–H and O–H groups in total. The maximum atomic E-state index is 2.50. The molecule has 0 bridgehead atoms. The maximum Gasteiger partial charge on any atom is 0.0640 e. The molecule has 0 aliphatic carbocycles. The van der Waals surface area contributed by atoms with Gasteiger partial charge >= 0.3 is 0 Å². The number of fused-ring (bicyclic) bond motifs is 10. The molecule has 0 spiro atoms. The van der Waals surface area contributed by atoms with Crippen LogP contribution < -0.4 is 0 Å². The number of para-hydroxylation sites is 2. The van der Waals surface area contributed by atoms with Crippen LogP contribution in [0.4, 0.5) is 0 Å². The summed E-state index contributed by atoms with van der Waals surface area (Å²) in [6.45, 7) is 0. The quantitative estimate of drug-likeness (QED) is 0.182. The van der Waals surface area contributed by atoms with Gasteiger partial charge in [0, 0.05) is 42.7 Å². The van der Waals surface area contributed by atoms with E-state index in [2.05, 4.69) is 179 Å². The molecule has 0 radical (unpaired) electrons. The largest absolute Gasteiger partial charge is 0.309 e. The number of benzene rings is 8.